The summed E-state index contributed by atoms with van der Waals surface area (Å²) < 4.78 is 64.1. The molecule has 2 heterocycles. The smallest absolute Gasteiger partial charge is 0.339 e. The van der Waals surface area contributed by atoms with Crippen LogP contribution in [-0.4, -0.2) is 50.7 Å². The molecule has 0 radical (unpaired) electrons. The fourth-order valence-electron chi connectivity index (χ4n) is 6.04. The molecule has 0 saturated carbocycles. The van der Waals surface area contributed by atoms with Gasteiger partial charge in [0.2, 0.25) is 0 Å². The minimum Gasteiger partial charge on any atom is -0.447 e. The van der Waals surface area contributed by atoms with E-state index < -0.39 is 40.6 Å². The SMILES string of the molecule is Cc1cccc2cccc(C(=O)O[C@@](Cn3cncn3)(c3ccc(F)cc3F)[C@@H](C)SC3COC(/C=C/C=C/c4ccc(C#N)cc4F)OC3)c12. The number of rotatable bonds is 11. The molecule has 0 bridgehead atoms. The summed E-state index contributed by atoms with van der Waals surface area (Å²) in [5.74, 6) is -2.83. The van der Waals surface area contributed by atoms with Crippen molar-refractivity contribution in [2.24, 2.45) is 0 Å². The number of aryl methyl sites for hydroxylation is 1. The molecule has 260 valence electrons. The van der Waals surface area contributed by atoms with Crippen molar-refractivity contribution in [3.63, 3.8) is 0 Å². The molecule has 1 saturated heterocycles. The lowest BCUT2D eigenvalue weighted by Crippen LogP contribution is -2.47. The Hall–Kier alpha value is -5.22. The highest BCUT2D eigenvalue weighted by Gasteiger charge is 2.47. The monoisotopic (exact) mass is 710 g/mol. The number of hydrogen-bond acceptors (Lipinski definition) is 8. The van der Waals surface area contributed by atoms with Crippen molar-refractivity contribution in [3.8, 4) is 6.07 Å². The number of allylic oxidation sites excluding steroid dienone is 2. The quantitative estimate of drug-likeness (QED) is 0.101. The number of nitrogens with zero attached hydrogens (tertiary/aromatic N) is 4. The minimum atomic E-state index is -1.69. The van der Waals surface area contributed by atoms with Crippen molar-refractivity contribution >= 4 is 34.6 Å². The third-order valence-electron chi connectivity index (χ3n) is 8.59. The third-order valence-corrected chi connectivity index (χ3v) is 10.0. The van der Waals surface area contributed by atoms with E-state index in [1.807, 2.05) is 44.2 Å². The van der Waals surface area contributed by atoms with Gasteiger partial charge in [-0.1, -0.05) is 54.6 Å². The predicted molar refractivity (Wildman–Crippen MR) is 188 cm³/mol. The molecule has 1 aliphatic rings. The Morgan fingerprint density at radius 1 is 1.08 bits per heavy atom. The topological polar surface area (TPSA) is 99.3 Å². The van der Waals surface area contributed by atoms with E-state index in [0.29, 0.717) is 16.5 Å². The maximum atomic E-state index is 15.9. The minimum absolute atomic E-state index is 0.0198. The van der Waals surface area contributed by atoms with Gasteiger partial charge in [0, 0.05) is 22.4 Å². The van der Waals surface area contributed by atoms with Gasteiger partial charge in [0.1, 0.15) is 30.1 Å². The zero-order chi connectivity index (χ0) is 36.0. The molecule has 6 rings (SSSR count). The van der Waals surface area contributed by atoms with Crippen molar-refractivity contribution < 1.29 is 32.2 Å². The molecule has 0 N–H and O–H groups in total. The number of benzene rings is 4. The van der Waals surface area contributed by atoms with Crippen LogP contribution in [0.1, 0.15) is 39.5 Å². The number of carbonyl (C=O) groups excluding carboxylic acids is 1. The van der Waals surface area contributed by atoms with Gasteiger partial charge in [0.25, 0.3) is 0 Å². The number of thioether (sulfide) groups is 1. The van der Waals surface area contributed by atoms with Crippen molar-refractivity contribution in [2.45, 2.75) is 42.8 Å². The number of carbonyl (C=O) groups is 1. The Kier molecular flexibility index (Phi) is 11.0. The van der Waals surface area contributed by atoms with Gasteiger partial charge in [-0.15, -0.1) is 11.8 Å². The molecule has 0 aliphatic carbocycles. The molecule has 1 fully saturated rings. The first-order valence-corrected chi connectivity index (χ1v) is 17.0. The number of hydrogen-bond donors (Lipinski definition) is 0. The van der Waals surface area contributed by atoms with E-state index in [2.05, 4.69) is 10.1 Å². The Balaban J connectivity index is 1.24. The van der Waals surface area contributed by atoms with Gasteiger partial charge in [0.05, 0.1) is 42.2 Å². The fourth-order valence-corrected chi connectivity index (χ4v) is 7.41. The Morgan fingerprint density at radius 3 is 2.57 bits per heavy atom. The average Bonchev–Trinajstić information content (AvgIpc) is 3.64. The summed E-state index contributed by atoms with van der Waals surface area (Å²) in [5, 5.41) is 13.8. The number of esters is 1. The van der Waals surface area contributed by atoms with Crippen LogP contribution >= 0.6 is 11.8 Å². The van der Waals surface area contributed by atoms with Crippen molar-refractivity contribution in [1.82, 2.24) is 14.8 Å². The average molecular weight is 711 g/mol. The van der Waals surface area contributed by atoms with Crippen molar-refractivity contribution in [1.29, 1.82) is 5.26 Å². The third kappa shape index (κ3) is 8.07. The van der Waals surface area contributed by atoms with E-state index in [4.69, 9.17) is 19.5 Å². The molecular formula is C39H33F3N4O4S. The highest BCUT2D eigenvalue weighted by Crippen LogP contribution is 2.43. The van der Waals surface area contributed by atoms with Crippen LogP contribution in [0.5, 0.6) is 0 Å². The van der Waals surface area contributed by atoms with E-state index >= 15 is 4.39 Å². The molecule has 2 atom stereocenters. The van der Waals surface area contributed by atoms with E-state index in [1.54, 1.807) is 36.4 Å². The highest BCUT2D eigenvalue weighted by atomic mass is 32.2. The maximum absolute atomic E-state index is 15.9. The van der Waals surface area contributed by atoms with Crippen LogP contribution in [0, 0.1) is 35.7 Å². The van der Waals surface area contributed by atoms with E-state index in [0.717, 1.165) is 23.1 Å². The van der Waals surface area contributed by atoms with E-state index in [9.17, 15) is 13.6 Å². The van der Waals surface area contributed by atoms with E-state index in [-0.39, 0.29) is 36.1 Å². The lowest BCUT2D eigenvalue weighted by atomic mass is 9.89. The second-order valence-corrected chi connectivity index (χ2v) is 13.6. The van der Waals surface area contributed by atoms with Crippen LogP contribution in [0.3, 0.4) is 0 Å². The molecule has 4 aromatic carbocycles. The van der Waals surface area contributed by atoms with Gasteiger partial charge in [-0.2, -0.15) is 10.4 Å². The van der Waals surface area contributed by atoms with Crippen LogP contribution in [-0.2, 0) is 26.4 Å². The first-order chi connectivity index (χ1) is 24.7. The van der Waals surface area contributed by atoms with Gasteiger partial charge in [-0.05, 0) is 66.6 Å². The second-order valence-electron chi connectivity index (χ2n) is 12.0. The molecule has 5 aromatic rings. The summed E-state index contributed by atoms with van der Waals surface area (Å²) in [7, 11) is 0. The molecule has 12 heteroatoms. The highest BCUT2D eigenvalue weighted by molar-refractivity contribution is 8.00. The summed E-state index contributed by atoms with van der Waals surface area (Å²) in [4.78, 5) is 18.3. The normalized spacial score (nSPS) is 18.1. The van der Waals surface area contributed by atoms with Crippen molar-refractivity contribution in [2.75, 3.05) is 13.2 Å². The Bertz CT molecular complexity index is 2120. The molecule has 1 aliphatic heterocycles. The van der Waals surface area contributed by atoms with Crippen LogP contribution in [0.4, 0.5) is 13.2 Å². The maximum Gasteiger partial charge on any atom is 0.339 e. The number of fused-ring (bicyclic) bond motifs is 1. The number of ether oxygens (including phenoxy) is 3. The summed E-state index contributed by atoms with van der Waals surface area (Å²) in [5.41, 5.74) is 0.0341. The van der Waals surface area contributed by atoms with Gasteiger partial charge in [0.15, 0.2) is 11.9 Å². The van der Waals surface area contributed by atoms with Gasteiger partial charge >= 0.3 is 5.97 Å². The van der Waals surface area contributed by atoms with E-state index in [1.165, 1.54) is 53.4 Å². The van der Waals surface area contributed by atoms with Crippen LogP contribution in [0.2, 0.25) is 0 Å². The summed E-state index contributed by atoms with van der Waals surface area (Å²) in [6, 6.07) is 20.4. The van der Waals surface area contributed by atoms with Crippen molar-refractivity contribution in [3.05, 3.63) is 149 Å². The predicted octanol–water partition coefficient (Wildman–Crippen LogP) is 7.91. The van der Waals surface area contributed by atoms with Gasteiger partial charge in [-0.3, -0.25) is 0 Å². The molecule has 0 spiro atoms. The van der Waals surface area contributed by atoms with Crippen LogP contribution in [0.25, 0.3) is 16.8 Å². The summed E-state index contributed by atoms with van der Waals surface area (Å²) in [6.45, 7) is 4.09. The summed E-state index contributed by atoms with van der Waals surface area (Å²) in [6.07, 6.45) is 8.66. The number of halogens is 3. The zero-order valence-electron chi connectivity index (χ0n) is 27.7. The first-order valence-electron chi connectivity index (χ1n) is 16.1. The molecule has 8 nitrogen and oxygen atoms in total. The largest absolute Gasteiger partial charge is 0.447 e. The molecule has 1 aromatic heterocycles. The lowest BCUT2D eigenvalue weighted by molar-refractivity contribution is -0.146. The second kappa shape index (κ2) is 15.8. The first kappa shape index (κ1) is 35.6. The van der Waals surface area contributed by atoms with Crippen LogP contribution < -0.4 is 0 Å². The Labute approximate surface area is 297 Å². The van der Waals surface area contributed by atoms with Gasteiger partial charge < -0.3 is 14.2 Å². The number of nitriles is 1. The van der Waals surface area contributed by atoms with Gasteiger partial charge in [-0.25, -0.2) is 27.6 Å². The zero-order valence-corrected chi connectivity index (χ0v) is 28.5. The van der Waals surface area contributed by atoms with Crippen LogP contribution in [0.15, 0.2) is 104 Å². The molecular weight excluding hydrogens is 678 g/mol. The molecule has 51 heavy (non-hydrogen) atoms. The number of aromatic nitrogens is 3. The fraction of sp³-hybridized carbons (Fsp3) is 0.231. The molecule has 0 amide bonds. The Morgan fingerprint density at radius 2 is 1.86 bits per heavy atom. The molecule has 0 unspecified atom stereocenters. The lowest BCUT2D eigenvalue weighted by Gasteiger charge is -2.40. The standard InChI is InChI=1S/C39H33F3N4O4S/c1-25-7-5-9-29-10-6-11-32(37(25)29)38(47)50-39(22-46-24-44-23-45-46,33-16-15-30(40)18-35(33)42)26(2)51-31-20-48-36(49-21-31)12-4-3-8-28-14-13-27(19-43)17-34(28)41/h3-18,23-24,26,31,36H,20-22H2,1-2H3/b8-3+,12-4+/t26-,31?,36?,39-/m1/s1. The summed E-state index contributed by atoms with van der Waals surface area (Å²) >= 11 is 1.38.